The van der Waals surface area contributed by atoms with Gasteiger partial charge < -0.3 is 9.84 Å². The zero-order chi connectivity index (χ0) is 25.5. The molecule has 6 rings (SSSR count). The summed E-state index contributed by atoms with van der Waals surface area (Å²) in [6.45, 7) is 0. The summed E-state index contributed by atoms with van der Waals surface area (Å²) in [4.78, 5) is 28.7. The Hall–Kier alpha value is -4.90. The van der Waals surface area contributed by atoms with Crippen molar-refractivity contribution in [3.8, 4) is 5.75 Å². The number of rotatable bonds is 4. The number of ketones is 1. The van der Waals surface area contributed by atoms with Crippen molar-refractivity contribution in [1.29, 1.82) is 0 Å². The van der Waals surface area contributed by atoms with Gasteiger partial charge in [-0.3, -0.25) is 14.5 Å². The highest BCUT2D eigenvalue weighted by atomic mass is 16.5. The average molecular weight is 486 g/mol. The Balaban J connectivity index is 1.65. The molecule has 1 heterocycles. The molecule has 1 aliphatic rings. The number of nitrogens with zero attached hydrogens (tertiary/aromatic N) is 1. The van der Waals surface area contributed by atoms with Crippen LogP contribution in [0.1, 0.15) is 17.2 Å². The number of carbonyl (C=O) groups excluding carboxylic acids is 2. The van der Waals surface area contributed by atoms with E-state index in [4.69, 9.17) is 4.74 Å². The highest BCUT2D eigenvalue weighted by molar-refractivity contribution is 6.52. The Bertz CT molecular complexity index is 1710. The van der Waals surface area contributed by atoms with Crippen molar-refractivity contribution in [1.82, 2.24) is 0 Å². The number of anilines is 1. The minimum Gasteiger partial charge on any atom is -0.507 e. The molecule has 180 valence electrons. The number of methoxy groups -OCH3 is 1. The maximum absolute atomic E-state index is 13.6. The van der Waals surface area contributed by atoms with Gasteiger partial charge in [0.1, 0.15) is 11.5 Å². The quantitative estimate of drug-likeness (QED) is 0.176. The predicted molar refractivity (Wildman–Crippen MR) is 146 cm³/mol. The second-order valence-electron chi connectivity index (χ2n) is 8.96. The number of fused-ring (bicyclic) bond motifs is 2. The van der Waals surface area contributed by atoms with Crippen molar-refractivity contribution in [2.45, 2.75) is 6.04 Å². The Morgan fingerprint density at radius 3 is 2.03 bits per heavy atom. The van der Waals surface area contributed by atoms with E-state index in [0.717, 1.165) is 27.1 Å². The molecule has 1 saturated heterocycles. The normalized spacial score (nSPS) is 17.0. The molecule has 0 radical (unpaired) electrons. The van der Waals surface area contributed by atoms with Crippen LogP contribution in [0.25, 0.3) is 27.3 Å². The van der Waals surface area contributed by atoms with E-state index in [9.17, 15) is 14.7 Å². The number of aliphatic hydroxyl groups is 1. The molecule has 5 aromatic carbocycles. The van der Waals surface area contributed by atoms with Crippen molar-refractivity contribution >= 4 is 44.7 Å². The molecular formula is C32H23NO4. The lowest BCUT2D eigenvalue weighted by Crippen LogP contribution is -2.29. The summed E-state index contributed by atoms with van der Waals surface area (Å²) in [5.41, 5.74) is 1.87. The second-order valence-corrected chi connectivity index (χ2v) is 8.96. The first kappa shape index (κ1) is 22.6. The lowest BCUT2D eigenvalue weighted by atomic mass is 9.90. The molecule has 5 nitrogen and oxygen atoms in total. The van der Waals surface area contributed by atoms with Crippen molar-refractivity contribution < 1.29 is 19.4 Å². The Kier molecular flexibility index (Phi) is 5.46. The van der Waals surface area contributed by atoms with Gasteiger partial charge >= 0.3 is 0 Å². The van der Waals surface area contributed by atoms with E-state index in [0.29, 0.717) is 17.0 Å². The van der Waals surface area contributed by atoms with Crippen molar-refractivity contribution in [2.24, 2.45) is 0 Å². The minimum absolute atomic E-state index is 0.0634. The van der Waals surface area contributed by atoms with Gasteiger partial charge in [0.25, 0.3) is 11.7 Å². The van der Waals surface area contributed by atoms with Gasteiger partial charge in [0.15, 0.2) is 0 Å². The SMILES string of the molecule is COc1ccc(N2C(=O)C(=O)/C(=C(/O)c3cccc4ccccc34)C2c2cccc3ccccc23)cc1. The van der Waals surface area contributed by atoms with Gasteiger partial charge in [-0.1, -0.05) is 84.9 Å². The van der Waals surface area contributed by atoms with E-state index < -0.39 is 17.7 Å². The van der Waals surface area contributed by atoms with Gasteiger partial charge in [0.05, 0.1) is 18.7 Å². The zero-order valence-electron chi connectivity index (χ0n) is 20.1. The van der Waals surface area contributed by atoms with Crippen molar-refractivity contribution in [2.75, 3.05) is 12.0 Å². The van der Waals surface area contributed by atoms with Gasteiger partial charge in [-0.05, 0) is 51.4 Å². The van der Waals surface area contributed by atoms with E-state index in [-0.39, 0.29) is 11.3 Å². The van der Waals surface area contributed by atoms with Crippen molar-refractivity contribution in [3.05, 3.63) is 126 Å². The number of aliphatic hydroxyl groups excluding tert-OH is 1. The number of ether oxygens (including phenoxy) is 1. The highest BCUT2D eigenvalue weighted by Crippen LogP contribution is 2.45. The van der Waals surface area contributed by atoms with Gasteiger partial charge in [0, 0.05) is 11.3 Å². The molecule has 1 atom stereocenters. The lowest BCUT2D eigenvalue weighted by Gasteiger charge is -2.26. The van der Waals surface area contributed by atoms with Crippen LogP contribution in [-0.4, -0.2) is 23.9 Å². The molecule has 1 amide bonds. The molecule has 1 N–H and O–H groups in total. The number of hydrogen-bond acceptors (Lipinski definition) is 4. The molecule has 5 aromatic rings. The lowest BCUT2D eigenvalue weighted by molar-refractivity contribution is -0.132. The molecule has 1 fully saturated rings. The summed E-state index contributed by atoms with van der Waals surface area (Å²) < 4.78 is 5.29. The third-order valence-electron chi connectivity index (χ3n) is 6.96. The summed E-state index contributed by atoms with van der Waals surface area (Å²) in [6, 6.07) is 33.0. The predicted octanol–water partition coefficient (Wildman–Crippen LogP) is 6.63. The monoisotopic (exact) mass is 485 g/mol. The summed E-state index contributed by atoms with van der Waals surface area (Å²) >= 11 is 0. The summed E-state index contributed by atoms with van der Waals surface area (Å²) in [5.74, 6) is -0.967. The van der Waals surface area contributed by atoms with Crippen LogP contribution in [0.5, 0.6) is 5.75 Å². The van der Waals surface area contributed by atoms with Gasteiger partial charge in [-0.15, -0.1) is 0 Å². The van der Waals surface area contributed by atoms with E-state index >= 15 is 0 Å². The zero-order valence-corrected chi connectivity index (χ0v) is 20.1. The van der Waals surface area contributed by atoms with Gasteiger partial charge in [-0.2, -0.15) is 0 Å². The molecule has 0 saturated carbocycles. The highest BCUT2D eigenvalue weighted by Gasteiger charge is 2.47. The first-order valence-electron chi connectivity index (χ1n) is 12.0. The summed E-state index contributed by atoms with van der Waals surface area (Å²) in [7, 11) is 1.57. The average Bonchev–Trinajstić information content (AvgIpc) is 3.21. The Morgan fingerprint density at radius 2 is 1.32 bits per heavy atom. The van der Waals surface area contributed by atoms with Crippen LogP contribution in [0, 0.1) is 0 Å². The number of amides is 1. The van der Waals surface area contributed by atoms with Crippen molar-refractivity contribution in [3.63, 3.8) is 0 Å². The maximum atomic E-state index is 13.6. The molecule has 0 bridgehead atoms. The van der Waals surface area contributed by atoms with E-state index in [2.05, 4.69) is 0 Å². The molecule has 0 spiro atoms. The van der Waals surface area contributed by atoms with Crippen LogP contribution in [0.15, 0.2) is 115 Å². The third-order valence-corrected chi connectivity index (χ3v) is 6.96. The van der Waals surface area contributed by atoms with Crippen LogP contribution < -0.4 is 9.64 Å². The van der Waals surface area contributed by atoms with Gasteiger partial charge in [0.2, 0.25) is 0 Å². The number of carbonyl (C=O) groups is 2. The van der Waals surface area contributed by atoms with Crippen LogP contribution in [-0.2, 0) is 9.59 Å². The maximum Gasteiger partial charge on any atom is 0.300 e. The summed E-state index contributed by atoms with van der Waals surface area (Å²) in [6.07, 6.45) is 0. The number of benzene rings is 5. The fraction of sp³-hybridized carbons (Fsp3) is 0.0625. The number of hydrogen-bond donors (Lipinski definition) is 1. The molecular weight excluding hydrogens is 462 g/mol. The minimum atomic E-state index is -0.821. The largest absolute Gasteiger partial charge is 0.507 e. The topological polar surface area (TPSA) is 66.8 Å². The summed E-state index contributed by atoms with van der Waals surface area (Å²) in [5, 5.41) is 15.3. The molecule has 37 heavy (non-hydrogen) atoms. The third kappa shape index (κ3) is 3.64. The smallest absolute Gasteiger partial charge is 0.300 e. The van der Waals surface area contributed by atoms with Crippen LogP contribution in [0.4, 0.5) is 5.69 Å². The van der Waals surface area contributed by atoms with E-state index in [1.807, 2.05) is 78.9 Å². The fourth-order valence-corrected chi connectivity index (χ4v) is 5.20. The molecule has 1 aliphatic heterocycles. The van der Waals surface area contributed by atoms with E-state index in [1.54, 1.807) is 37.4 Å². The Labute approximate surface area is 213 Å². The fourth-order valence-electron chi connectivity index (χ4n) is 5.20. The molecule has 0 aromatic heterocycles. The van der Waals surface area contributed by atoms with Crippen LogP contribution in [0.3, 0.4) is 0 Å². The number of Topliss-reactive ketones (excluding diaryl/α,β-unsaturated/α-hetero) is 1. The standard InChI is InChI=1S/C32H23NO4/c1-37-23-18-16-22(17-19-23)33-29(26-14-6-10-20-8-2-4-12-24(20)26)28(31(35)32(33)36)30(34)27-15-7-11-21-9-3-5-13-25(21)27/h2-19,29,34H,1H3/b30-28+. The van der Waals surface area contributed by atoms with Crippen LogP contribution >= 0.6 is 0 Å². The molecule has 5 heteroatoms. The molecule has 1 unspecified atom stereocenters. The van der Waals surface area contributed by atoms with Crippen LogP contribution in [0.2, 0.25) is 0 Å². The van der Waals surface area contributed by atoms with E-state index in [1.165, 1.54) is 4.90 Å². The second kappa shape index (κ2) is 8.95. The molecule has 0 aliphatic carbocycles. The Morgan fingerprint density at radius 1 is 0.730 bits per heavy atom. The van der Waals surface area contributed by atoms with Gasteiger partial charge in [-0.25, -0.2) is 0 Å². The first-order chi connectivity index (χ1) is 18.1. The first-order valence-corrected chi connectivity index (χ1v) is 12.0.